The number of rotatable bonds is 2. The fourth-order valence-corrected chi connectivity index (χ4v) is 2.05. The van der Waals surface area contributed by atoms with Crippen LogP contribution in [0.25, 0.3) is 0 Å². The summed E-state index contributed by atoms with van der Waals surface area (Å²) in [7, 11) is 1.85. The van der Waals surface area contributed by atoms with Gasteiger partial charge >= 0.3 is 0 Å². The van der Waals surface area contributed by atoms with Gasteiger partial charge in [-0.3, -0.25) is 4.79 Å². The standard InChI is InChI=1S/C11H17N3O/c1-12-10-4-2-3-7-14(11(10)15)9-5-6-13-8-9/h5-6,8,10,12-13H,2-4,7H2,1H3. The van der Waals surface area contributed by atoms with Crippen molar-refractivity contribution in [3.05, 3.63) is 18.5 Å². The average molecular weight is 207 g/mol. The summed E-state index contributed by atoms with van der Waals surface area (Å²) in [4.78, 5) is 17.0. The van der Waals surface area contributed by atoms with Crippen molar-refractivity contribution in [1.82, 2.24) is 10.3 Å². The van der Waals surface area contributed by atoms with Crippen LogP contribution in [0.15, 0.2) is 18.5 Å². The average Bonchev–Trinajstić information content (AvgIpc) is 2.70. The molecule has 1 saturated heterocycles. The first-order valence-electron chi connectivity index (χ1n) is 5.44. The third-order valence-electron chi connectivity index (χ3n) is 2.93. The van der Waals surface area contributed by atoms with Crippen LogP contribution in [-0.4, -0.2) is 30.5 Å². The third-order valence-corrected chi connectivity index (χ3v) is 2.93. The molecule has 82 valence electrons. The molecule has 0 saturated carbocycles. The molecule has 4 heteroatoms. The second kappa shape index (κ2) is 4.49. The number of H-pyrrole nitrogens is 1. The van der Waals surface area contributed by atoms with Crippen molar-refractivity contribution < 1.29 is 4.79 Å². The summed E-state index contributed by atoms with van der Waals surface area (Å²) in [6, 6.07) is 1.91. The Balaban J connectivity index is 2.19. The molecule has 0 radical (unpaired) electrons. The molecule has 1 aromatic heterocycles. The Morgan fingerprint density at radius 2 is 2.40 bits per heavy atom. The van der Waals surface area contributed by atoms with E-state index in [9.17, 15) is 4.79 Å². The van der Waals surface area contributed by atoms with E-state index in [1.807, 2.05) is 30.4 Å². The first kappa shape index (κ1) is 10.2. The van der Waals surface area contributed by atoms with Crippen molar-refractivity contribution in [3.63, 3.8) is 0 Å². The van der Waals surface area contributed by atoms with Gasteiger partial charge in [-0.05, 0) is 32.4 Å². The van der Waals surface area contributed by atoms with Crippen molar-refractivity contribution in [2.45, 2.75) is 25.3 Å². The molecular weight excluding hydrogens is 190 g/mol. The Bertz CT molecular complexity index is 321. The van der Waals surface area contributed by atoms with E-state index in [1.165, 1.54) is 0 Å². The third kappa shape index (κ3) is 2.04. The maximum absolute atomic E-state index is 12.1. The number of aromatic amines is 1. The van der Waals surface area contributed by atoms with E-state index in [4.69, 9.17) is 0 Å². The number of hydrogen-bond acceptors (Lipinski definition) is 2. The quantitative estimate of drug-likeness (QED) is 0.763. The Kier molecular flexibility index (Phi) is 3.06. The monoisotopic (exact) mass is 207 g/mol. The lowest BCUT2D eigenvalue weighted by Gasteiger charge is -2.22. The molecule has 1 atom stereocenters. The fraction of sp³-hybridized carbons (Fsp3) is 0.545. The molecule has 1 fully saturated rings. The van der Waals surface area contributed by atoms with Crippen LogP contribution in [0.4, 0.5) is 5.69 Å². The highest BCUT2D eigenvalue weighted by Gasteiger charge is 2.26. The maximum Gasteiger partial charge on any atom is 0.244 e. The zero-order chi connectivity index (χ0) is 10.7. The predicted octanol–water partition coefficient (Wildman–Crippen LogP) is 1.12. The molecule has 1 aromatic rings. The Morgan fingerprint density at radius 1 is 1.53 bits per heavy atom. The molecular formula is C11H17N3O. The van der Waals surface area contributed by atoms with Crippen LogP contribution in [0.5, 0.6) is 0 Å². The smallest absolute Gasteiger partial charge is 0.244 e. The summed E-state index contributed by atoms with van der Waals surface area (Å²) >= 11 is 0. The van der Waals surface area contributed by atoms with Crippen molar-refractivity contribution in [2.24, 2.45) is 0 Å². The zero-order valence-corrected chi connectivity index (χ0v) is 8.99. The highest BCUT2D eigenvalue weighted by atomic mass is 16.2. The lowest BCUT2D eigenvalue weighted by molar-refractivity contribution is -0.120. The number of anilines is 1. The van der Waals surface area contributed by atoms with Gasteiger partial charge in [0.1, 0.15) is 0 Å². The first-order chi connectivity index (χ1) is 7.33. The van der Waals surface area contributed by atoms with Gasteiger partial charge < -0.3 is 15.2 Å². The van der Waals surface area contributed by atoms with Gasteiger partial charge in [-0.2, -0.15) is 0 Å². The fourth-order valence-electron chi connectivity index (χ4n) is 2.05. The number of nitrogens with zero attached hydrogens (tertiary/aromatic N) is 1. The number of hydrogen-bond donors (Lipinski definition) is 2. The molecule has 2 heterocycles. The second-order valence-electron chi connectivity index (χ2n) is 3.90. The lowest BCUT2D eigenvalue weighted by Crippen LogP contribution is -2.43. The van der Waals surface area contributed by atoms with Gasteiger partial charge in [0.15, 0.2) is 0 Å². The normalized spacial score (nSPS) is 22.9. The van der Waals surface area contributed by atoms with Crippen molar-refractivity contribution in [2.75, 3.05) is 18.5 Å². The van der Waals surface area contributed by atoms with E-state index in [2.05, 4.69) is 10.3 Å². The number of aromatic nitrogens is 1. The van der Waals surface area contributed by atoms with E-state index < -0.39 is 0 Å². The van der Waals surface area contributed by atoms with E-state index in [-0.39, 0.29) is 11.9 Å². The molecule has 15 heavy (non-hydrogen) atoms. The highest BCUT2D eigenvalue weighted by Crippen LogP contribution is 2.19. The van der Waals surface area contributed by atoms with Crippen LogP contribution in [0.3, 0.4) is 0 Å². The molecule has 1 aliphatic heterocycles. The summed E-state index contributed by atoms with van der Waals surface area (Å²) in [5, 5.41) is 3.08. The topological polar surface area (TPSA) is 48.1 Å². The zero-order valence-electron chi connectivity index (χ0n) is 8.99. The van der Waals surface area contributed by atoms with Crippen LogP contribution >= 0.6 is 0 Å². The van der Waals surface area contributed by atoms with Gasteiger partial charge in [0.25, 0.3) is 0 Å². The largest absolute Gasteiger partial charge is 0.366 e. The maximum atomic E-state index is 12.1. The molecule has 0 aliphatic carbocycles. The number of carbonyl (C=O) groups excluding carboxylic acids is 1. The molecule has 1 unspecified atom stereocenters. The van der Waals surface area contributed by atoms with Gasteiger partial charge in [0.05, 0.1) is 11.7 Å². The van der Waals surface area contributed by atoms with E-state index in [0.717, 1.165) is 31.5 Å². The minimum absolute atomic E-state index is 0.0256. The number of likely N-dealkylation sites (N-methyl/N-ethyl adjacent to an activating group) is 1. The molecule has 0 aromatic carbocycles. The van der Waals surface area contributed by atoms with Crippen molar-refractivity contribution in [1.29, 1.82) is 0 Å². The van der Waals surface area contributed by atoms with E-state index in [1.54, 1.807) is 0 Å². The first-order valence-corrected chi connectivity index (χ1v) is 5.44. The summed E-state index contributed by atoms with van der Waals surface area (Å²) < 4.78 is 0. The van der Waals surface area contributed by atoms with Crippen LogP contribution in [-0.2, 0) is 4.79 Å². The highest BCUT2D eigenvalue weighted by molar-refractivity contribution is 5.97. The van der Waals surface area contributed by atoms with Gasteiger partial charge in [-0.1, -0.05) is 0 Å². The molecule has 2 N–H and O–H groups in total. The SMILES string of the molecule is CNC1CCCCN(c2cc[nH]c2)C1=O. The van der Waals surface area contributed by atoms with Crippen LogP contribution in [0.1, 0.15) is 19.3 Å². The minimum Gasteiger partial charge on any atom is -0.366 e. The van der Waals surface area contributed by atoms with E-state index in [0.29, 0.717) is 0 Å². The van der Waals surface area contributed by atoms with Crippen LogP contribution in [0, 0.1) is 0 Å². The number of nitrogens with one attached hydrogen (secondary N) is 2. The van der Waals surface area contributed by atoms with Crippen molar-refractivity contribution >= 4 is 11.6 Å². The van der Waals surface area contributed by atoms with Gasteiger partial charge in [-0.25, -0.2) is 0 Å². The summed E-state index contributed by atoms with van der Waals surface area (Å²) in [6.45, 7) is 0.828. The Labute approximate surface area is 89.7 Å². The van der Waals surface area contributed by atoms with Gasteiger partial charge in [0.2, 0.25) is 5.91 Å². The van der Waals surface area contributed by atoms with Gasteiger partial charge in [-0.15, -0.1) is 0 Å². The van der Waals surface area contributed by atoms with Crippen LogP contribution < -0.4 is 10.2 Å². The molecule has 0 spiro atoms. The Hall–Kier alpha value is -1.29. The molecule has 1 amide bonds. The number of carbonyl (C=O) groups is 1. The molecule has 0 bridgehead atoms. The van der Waals surface area contributed by atoms with Crippen molar-refractivity contribution in [3.8, 4) is 0 Å². The lowest BCUT2D eigenvalue weighted by atomic mass is 10.1. The van der Waals surface area contributed by atoms with Crippen LogP contribution in [0.2, 0.25) is 0 Å². The molecule has 1 aliphatic rings. The van der Waals surface area contributed by atoms with Gasteiger partial charge in [0, 0.05) is 18.9 Å². The summed E-state index contributed by atoms with van der Waals surface area (Å²) in [5.74, 6) is 0.189. The molecule has 2 rings (SSSR count). The Morgan fingerprint density at radius 3 is 3.07 bits per heavy atom. The predicted molar refractivity (Wildman–Crippen MR) is 59.8 cm³/mol. The minimum atomic E-state index is -0.0256. The summed E-state index contributed by atoms with van der Waals surface area (Å²) in [6.07, 6.45) is 6.85. The second-order valence-corrected chi connectivity index (χ2v) is 3.90. The molecule has 4 nitrogen and oxygen atoms in total. The summed E-state index contributed by atoms with van der Waals surface area (Å²) in [5.41, 5.74) is 0.974. The number of amides is 1. The van der Waals surface area contributed by atoms with E-state index >= 15 is 0 Å².